The van der Waals surface area contributed by atoms with Crippen molar-refractivity contribution in [2.45, 2.75) is 20.4 Å². The molecular weight excluding hydrogens is 292 g/mol. The van der Waals surface area contributed by atoms with Gasteiger partial charge >= 0.3 is 0 Å². The number of carbonyl (C=O) groups is 1. The zero-order valence-electron chi connectivity index (χ0n) is 12.2. The molecule has 0 aliphatic rings. The average molecular weight is 314 g/mol. The van der Waals surface area contributed by atoms with Crippen molar-refractivity contribution < 1.29 is 13.2 Å². The highest BCUT2D eigenvalue weighted by molar-refractivity contribution is 7.87. The second-order valence-corrected chi connectivity index (χ2v) is 6.94. The Balaban J connectivity index is 2.95. The quantitative estimate of drug-likeness (QED) is 0.587. The number of nitrogens with one attached hydrogen (secondary N) is 1. The molecule has 0 radical (unpaired) electrons. The molecule has 0 bridgehead atoms. The third-order valence-corrected chi connectivity index (χ3v) is 4.22. The minimum absolute atomic E-state index is 0.0109. The molecule has 0 spiro atoms. The smallest absolute Gasteiger partial charge is 0.280 e. The van der Waals surface area contributed by atoms with E-state index in [-0.39, 0.29) is 19.0 Å². The normalized spacial score (nSPS) is 12.0. The van der Waals surface area contributed by atoms with E-state index in [9.17, 15) is 13.2 Å². The number of primary amides is 1. The molecule has 0 aliphatic heterocycles. The number of benzene rings is 1. The summed E-state index contributed by atoms with van der Waals surface area (Å²) in [4.78, 5) is 11.1. The Labute approximate surface area is 125 Å². The van der Waals surface area contributed by atoms with Crippen molar-refractivity contribution in [3.63, 3.8) is 0 Å². The molecule has 1 amide bonds. The van der Waals surface area contributed by atoms with Crippen molar-refractivity contribution in [2.24, 2.45) is 11.7 Å². The van der Waals surface area contributed by atoms with Crippen LogP contribution in [0, 0.1) is 5.92 Å². The molecule has 0 heterocycles. The Morgan fingerprint density at radius 2 is 1.95 bits per heavy atom. The van der Waals surface area contributed by atoms with Crippen LogP contribution in [0.25, 0.3) is 0 Å². The largest absolute Gasteiger partial charge is 0.398 e. The van der Waals surface area contributed by atoms with E-state index in [0.717, 1.165) is 4.31 Å². The predicted molar refractivity (Wildman–Crippen MR) is 82.2 cm³/mol. The molecule has 118 valence electrons. The Morgan fingerprint density at radius 3 is 2.48 bits per heavy atom. The van der Waals surface area contributed by atoms with Crippen molar-refractivity contribution in [1.82, 2.24) is 9.03 Å². The van der Waals surface area contributed by atoms with Gasteiger partial charge in [-0.2, -0.15) is 12.7 Å². The topological polar surface area (TPSA) is 119 Å². The van der Waals surface area contributed by atoms with Crippen LogP contribution in [-0.4, -0.2) is 31.7 Å². The molecule has 1 rings (SSSR count). The lowest BCUT2D eigenvalue weighted by Gasteiger charge is -2.22. The molecule has 0 fully saturated rings. The Hall–Kier alpha value is -1.64. The van der Waals surface area contributed by atoms with E-state index in [0.29, 0.717) is 11.3 Å². The number of nitrogens with zero attached hydrogens (tertiary/aromatic N) is 1. The predicted octanol–water partition coefficient (Wildman–Crippen LogP) is 0.0465. The summed E-state index contributed by atoms with van der Waals surface area (Å²) in [5.74, 6) is -0.573. The third kappa shape index (κ3) is 5.70. The number of hydrogen-bond acceptors (Lipinski definition) is 4. The summed E-state index contributed by atoms with van der Waals surface area (Å²) in [6.45, 7) is 3.64. The zero-order valence-corrected chi connectivity index (χ0v) is 13.1. The van der Waals surface area contributed by atoms with E-state index in [4.69, 9.17) is 11.5 Å². The lowest BCUT2D eigenvalue weighted by molar-refractivity contribution is -0.118. The summed E-state index contributed by atoms with van der Waals surface area (Å²) in [5.41, 5.74) is 12.0. The molecule has 0 aliphatic carbocycles. The first-order valence-electron chi connectivity index (χ1n) is 6.58. The number of anilines is 1. The van der Waals surface area contributed by atoms with Gasteiger partial charge in [0.1, 0.15) is 0 Å². The van der Waals surface area contributed by atoms with E-state index in [2.05, 4.69) is 4.72 Å². The summed E-state index contributed by atoms with van der Waals surface area (Å²) in [7, 11) is -3.80. The lowest BCUT2D eigenvalue weighted by atomic mass is 10.2. The Morgan fingerprint density at radius 1 is 1.33 bits per heavy atom. The fourth-order valence-corrected chi connectivity index (χ4v) is 2.96. The first kappa shape index (κ1) is 17.4. The van der Waals surface area contributed by atoms with Crippen LogP contribution in [0.4, 0.5) is 5.69 Å². The van der Waals surface area contributed by atoms with Gasteiger partial charge in [-0.25, -0.2) is 4.72 Å². The van der Waals surface area contributed by atoms with Crippen LogP contribution in [0.2, 0.25) is 0 Å². The van der Waals surface area contributed by atoms with E-state index in [1.54, 1.807) is 24.3 Å². The average Bonchev–Trinajstić information content (AvgIpc) is 2.38. The van der Waals surface area contributed by atoms with Crippen molar-refractivity contribution in [2.75, 3.05) is 18.8 Å². The summed E-state index contributed by atoms with van der Waals surface area (Å²) in [6.07, 6.45) is 0. The Bertz CT molecular complexity index is 587. The van der Waals surface area contributed by atoms with Gasteiger partial charge in [0.25, 0.3) is 10.2 Å². The van der Waals surface area contributed by atoms with Gasteiger partial charge in [0.05, 0.1) is 6.54 Å². The van der Waals surface area contributed by atoms with Gasteiger partial charge < -0.3 is 11.5 Å². The number of rotatable bonds is 8. The second kappa shape index (κ2) is 7.39. The van der Waals surface area contributed by atoms with Gasteiger partial charge in [-0.1, -0.05) is 32.0 Å². The molecule has 1 aromatic carbocycles. The fourth-order valence-electron chi connectivity index (χ4n) is 1.63. The summed E-state index contributed by atoms with van der Waals surface area (Å²) < 4.78 is 27.9. The second-order valence-electron chi connectivity index (χ2n) is 5.18. The van der Waals surface area contributed by atoms with E-state index in [1.165, 1.54) is 0 Å². The van der Waals surface area contributed by atoms with Crippen LogP contribution in [-0.2, 0) is 21.5 Å². The van der Waals surface area contributed by atoms with Crippen molar-refractivity contribution in [3.8, 4) is 0 Å². The molecule has 0 saturated carbocycles. The molecule has 1 aromatic rings. The summed E-state index contributed by atoms with van der Waals surface area (Å²) >= 11 is 0. The zero-order chi connectivity index (χ0) is 16.0. The molecule has 0 unspecified atom stereocenters. The molecule has 0 aromatic heterocycles. The molecule has 0 saturated heterocycles. The molecule has 21 heavy (non-hydrogen) atoms. The highest BCUT2D eigenvalue weighted by atomic mass is 32.2. The van der Waals surface area contributed by atoms with Crippen LogP contribution in [0.3, 0.4) is 0 Å². The first-order chi connectivity index (χ1) is 9.72. The van der Waals surface area contributed by atoms with E-state index < -0.39 is 22.7 Å². The van der Waals surface area contributed by atoms with Crippen LogP contribution < -0.4 is 16.2 Å². The monoisotopic (exact) mass is 314 g/mol. The van der Waals surface area contributed by atoms with E-state index in [1.807, 2.05) is 13.8 Å². The van der Waals surface area contributed by atoms with Crippen LogP contribution in [0.5, 0.6) is 0 Å². The van der Waals surface area contributed by atoms with Gasteiger partial charge in [-0.3, -0.25) is 4.79 Å². The number of hydrogen-bond donors (Lipinski definition) is 3. The fraction of sp³-hybridized carbons (Fsp3) is 0.462. The van der Waals surface area contributed by atoms with Crippen LogP contribution >= 0.6 is 0 Å². The Kier molecular flexibility index (Phi) is 6.13. The number of nitrogen functional groups attached to an aromatic ring is 1. The molecule has 8 heteroatoms. The highest BCUT2D eigenvalue weighted by Gasteiger charge is 2.24. The number of para-hydroxylation sites is 1. The first-order valence-corrected chi connectivity index (χ1v) is 8.02. The minimum atomic E-state index is -3.80. The standard InChI is InChI=1S/C13H22N4O3S/c1-10(2)7-16-21(19,20)17(9-13(15)18)8-11-5-3-4-6-12(11)14/h3-6,10,16H,7-9,14H2,1-2H3,(H2,15,18). The van der Waals surface area contributed by atoms with E-state index >= 15 is 0 Å². The molecular formula is C13H22N4O3S. The third-order valence-electron chi connectivity index (χ3n) is 2.75. The highest BCUT2D eigenvalue weighted by Crippen LogP contribution is 2.15. The SMILES string of the molecule is CC(C)CNS(=O)(=O)N(CC(N)=O)Cc1ccccc1N. The minimum Gasteiger partial charge on any atom is -0.398 e. The van der Waals surface area contributed by atoms with Gasteiger partial charge in [-0.05, 0) is 17.5 Å². The van der Waals surface area contributed by atoms with Crippen LogP contribution in [0.1, 0.15) is 19.4 Å². The summed E-state index contributed by atoms with van der Waals surface area (Å²) in [5, 5.41) is 0. The maximum absolute atomic E-state index is 12.3. The van der Waals surface area contributed by atoms with Crippen LogP contribution in [0.15, 0.2) is 24.3 Å². The number of amides is 1. The lowest BCUT2D eigenvalue weighted by Crippen LogP contribution is -2.45. The number of nitrogens with two attached hydrogens (primary N) is 2. The number of carbonyl (C=O) groups excluding carboxylic acids is 1. The molecule has 7 nitrogen and oxygen atoms in total. The van der Waals surface area contributed by atoms with Crippen molar-refractivity contribution in [3.05, 3.63) is 29.8 Å². The van der Waals surface area contributed by atoms with Gasteiger partial charge in [0.2, 0.25) is 5.91 Å². The van der Waals surface area contributed by atoms with Gasteiger partial charge in [0.15, 0.2) is 0 Å². The maximum Gasteiger partial charge on any atom is 0.280 e. The molecule has 5 N–H and O–H groups in total. The molecule has 0 atom stereocenters. The summed E-state index contributed by atoms with van der Waals surface area (Å²) in [6, 6.07) is 6.89. The van der Waals surface area contributed by atoms with Crippen molar-refractivity contribution >= 4 is 21.8 Å². The maximum atomic E-state index is 12.3. The van der Waals surface area contributed by atoms with Gasteiger partial charge in [-0.15, -0.1) is 0 Å². The van der Waals surface area contributed by atoms with Crippen molar-refractivity contribution in [1.29, 1.82) is 0 Å². The van der Waals surface area contributed by atoms with Gasteiger partial charge in [0, 0.05) is 18.8 Å².